The third-order valence-electron chi connectivity index (χ3n) is 4.71. The number of likely N-dealkylation sites (tertiary alicyclic amines) is 1. The zero-order valence-corrected chi connectivity index (χ0v) is 15.2. The van der Waals surface area contributed by atoms with Crippen LogP contribution in [0.1, 0.15) is 48.3 Å². The van der Waals surface area contributed by atoms with Crippen LogP contribution >= 0.6 is 0 Å². The Balaban J connectivity index is 1.45. The van der Waals surface area contributed by atoms with Gasteiger partial charge in [-0.15, -0.1) is 0 Å². The predicted octanol–water partition coefficient (Wildman–Crippen LogP) is 3.00. The van der Waals surface area contributed by atoms with Gasteiger partial charge in [0.1, 0.15) is 5.69 Å². The first-order valence-corrected chi connectivity index (χ1v) is 9.19. The van der Waals surface area contributed by atoms with Crippen molar-refractivity contribution in [2.75, 3.05) is 13.1 Å². The highest BCUT2D eigenvalue weighted by Crippen LogP contribution is 2.15. The van der Waals surface area contributed by atoms with Gasteiger partial charge in [0.15, 0.2) is 0 Å². The fraction of sp³-hybridized carbons (Fsp3) is 0.500. The lowest BCUT2D eigenvalue weighted by Crippen LogP contribution is -2.44. The van der Waals surface area contributed by atoms with Gasteiger partial charge in [-0.2, -0.15) is 0 Å². The van der Waals surface area contributed by atoms with E-state index in [0.29, 0.717) is 11.6 Å². The van der Waals surface area contributed by atoms with Crippen molar-refractivity contribution in [3.8, 4) is 0 Å². The summed E-state index contributed by atoms with van der Waals surface area (Å²) >= 11 is 0. The van der Waals surface area contributed by atoms with Crippen LogP contribution in [0, 0.1) is 5.92 Å². The molecule has 1 amide bonds. The van der Waals surface area contributed by atoms with Crippen molar-refractivity contribution < 1.29 is 4.79 Å². The molecule has 134 valence electrons. The minimum atomic E-state index is 0.0163. The third kappa shape index (κ3) is 5.16. The van der Waals surface area contributed by atoms with Crippen molar-refractivity contribution in [1.82, 2.24) is 20.2 Å². The highest BCUT2D eigenvalue weighted by molar-refractivity contribution is 5.92. The maximum Gasteiger partial charge on any atom is 0.267 e. The number of amides is 1. The fourth-order valence-electron chi connectivity index (χ4n) is 3.40. The van der Waals surface area contributed by atoms with Crippen molar-refractivity contribution in [3.05, 3.63) is 53.6 Å². The first kappa shape index (κ1) is 17.7. The number of pyridine rings is 1. The highest BCUT2D eigenvalue weighted by Gasteiger charge is 2.21. The first-order chi connectivity index (χ1) is 12.1. The summed E-state index contributed by atoms with van der Waals surface area (Å²) in [7, 11) is 0. The molecule has 0 saturated carbocycles. The molecule has 1 aliphatic rings. The molecule has 0 aromatic carbocycles. The summed E-state index contributed by atoms with van der Waals surface area (Å²) < 4.78 is 0. The number of piperidine rings is 1. The molecule has 1 saturated heterocycles. The maximum absolute atomic E-state index is 12.4. The Morgan fingerprint density at radius 3 is 2.68 bits per heavy atom. The number of H-pyrrole nitrogens is 1. The molecule has 3 heterocycles. The summed E-state index contributed by atoms with van der Waals surface area (Å²) in [5, 5.41) is 3.18. The van der Waals surface area contributed by atoms with E-state index in [-0.39, 0.29) is 11.9 Å². The van der Waals surface area contributed by atoms with Gasteiger partial charge in [0.2, 0.25) is 0 Å². The van der Waals surface area contributed by atoms with Crippen molar-refractivity contribution in [3.63, 3.8) is 0 Å². The Bertz CT molecular complexity index is 672. The van der Waals surface area contributed by atoms with E-state index in [9.17, 15) is 4.79 Å². The monoisotopic (exact) mass is 340 g/mol. The number of aromatic amines is 1. The fourth-order valence-corrected chi connectivity index (χ4v) is 3.40. The molecule has 1 aliphatic heterocycles. The van der Waals surface area contributed by atoms with Crippen LogP contribution in [0.3, 0.4) is 0 Å². The van der Waals surface area contributed by atoms with Crippen LogP contribution in [0.4, 0.5) is 0 Å². The predicted molar refractivity (Wildman–Crippen MR) is 99.3 cm³/mol. The molecule has 2 aromatic heterocycles. The first-order valence-electron chi connectivity index (χ1n) is 9.19. The van der Waals surface area contributed by atoms with Gasteiger partial charge < -0.3 is 10.3 Å². The van der Waals surface area contributed by atoms with Gasteiger partial charge in [-0.1, -0.05) is 13.8 Å². The molecular formula is C20H28N4O. The Kier molecular flexibility index (Phi) is 5.87. The average molecular weight is 340 g/mol. The molecule has 0 unspecified atom stereocenters. The summed E-state index contributed by atoms with van der Waals surface area (Å²) in [6.07, 6.45) is 8.62. The third-order valence-corrected chi connectivity index (χ3v) is 4.71. The molecule has 5 heteroatoms. The largest absolute Gasteiger partial charge is 0.357 e. The number of nitrogens with zero attached hydrogens (tertiary/aromatic N) is 2. The number of carbonyl (C=O) groups is 1. The zero-order chi connectivity index (χ0) is 17.6. The van der Waals surface area contributed by atoms with Gasteiger partial charge in [0.25, 0.3) is 5.91 Å². The minimum absolute atomic E-state index is 0.0163. The van der Waals surface area contributed by atoms with E-state index in [4.69, 9.17) is 0 Å². The van der Waals surface area contributed by atoms with E-state index in [2.05, 4.69) is 46.2 Å². The second kappa shape index (κ2) is 8.30. The summed E-state index contributed by atoms with van der Waals surface area (Å²) in [6, 6.07) is 6.37. The number of aromatic nitrogens is 2. The SMILES string of the molecule is CC(C)Cc1c[nH]c(C(=O)NC2CCN(Cc3ccncc3)CC2)c1. The Morgan fingerprint density at radius 1 is 1.28 bits per heavy atom. The van der Waals surface area contributed by atoms with Crippen LogP contribution in [-0.2, 0) is 13.0 Å². The Labute approximate surface area is 149 Å². The maximum atomic E-state index is 12.4. The molecule has 3 rings (SSSR count). The molecule has 2 aromatic rings. The van der Waals surface area contributed by atoms with E-state index < -0.39 is 0 Å². The lowest BCUT2D eigenvalue weighted by Gasteiger charge is -2.32. The number of nitrogens with one attached hydrogen (secondary N) is 2. The van der Waals surface area contributed by atoms with Gasteiger partial charge in [-0.3, -0.25) is 14.7 Å². The quantitative estimate of drug-likeness (QED) is 0.850. The summed E-state index contributed by atoms with van der Waals surface area (Å²) in [5.41, 5.74) is 3.17. The van der Waals surface area contributed by atoms with E-state index in [1.807, 2.05) is 24.7 Å². The normalized spacial score (nSPS) is 16.3. The average Bonchev–Trinajstić information content (AvgIpc) is 3.05. The Hall–Kier alpha value is -2.14. The van der Waals surface area contributed by atoms with Gasteiger partial charge in [0.05, 0.1) is 0 Å². The number of carbonyl (C=O) groups excluding carboxylic acids is 1. The standard InChI is InChI=1S/C20H28N4O/c1-15(2)11-17-12-19(22-13-17)20(25)23-18-5-9-24(10-6-18)14-16-3-7-21-8-4-16/h3-4,7-8,12-13,15,18,22H,5-6,9-11,14H2,1-2H3,(H,23,25). The molecule has 1 fully saturated rings. The number of hydrogen-bond donors (Lipinski definition) is 2. The molecule has 5 nitrogen and oxygen atoms in total. The van der Waals surface area contributed by atoms with Crippen molar-refractivity contribution in [1.29, 1.82) is 0 Å². The molecule has 0 bridgehead atoms. The molecule has 2 N–H and O–H groups in total. The van der Waals surface area contributed by atoms with E-state index >= 15 is 0 Å². The van der Waals surface area contributed by atoms with Crippen molar-refractivity contribution in [2.45, 2.75) is 45.7 Å². The number of hydrogen-bond acceptors (Lipinski definition) is 3. The minimum Gasteiger partial charge on any atom is -0.357 e. The van der Waals surface area contributed by atoms with Crippen LogP contribution in [0.2, 0.25) is 0 Å². The second-order valence-electron chi connectivity index (χ2n) is 7.40. The zero-order valence-electron chi connectivity index (χ0n) is 15.2. The summed E-state index contributed by atoms with van der Waals surface area (Å²) in [6.45, 7) is 7.35. The topological polar surface area (TPSA) is 61.0 Å². The van der Waals surface area contributed by atoms with E-state index in [0.717, 1.165) is 38.9 Å². The summed E-state index contributed by atoms with van der Waals surface area (Å²) in [4.78, 5) is 22.0. The van der Waals surface area contributed by atoms with Crippen LogP contribution in [0.25, 0.3) is 0 Å². The van der Waals surface area contributed by atoms with E-state index in [1.54, 1.807) is 0 Å². The van der Waals surface area contributed by atoms with Crippen LogP contribution in [-0.4, -0.2) is 39.9 Å². The molecular weight excluding hydrogens is 312 g/mol. The lowest BCUT2D eigenvalue weighted by molar-refractivity contribution is 0.0904. The van der Waals surface area contributed by atoms with Gasteiger partial charge in [0, 0.05) is 44.3 Å². The van der Waals surface area contributed by atoms with Crippen LogP contribution in [0.5, 0.6) is 0 Å². The van der Waals surface area contributed by atoms with Gasteiger partial charge in [-0.25, -0.2) is 0 Å². The van der Waals surface area contributed by atoms with Crippen molar-refractivity contribution >= 4 is 5.91 Å². The second-order valence-corrected chi connectivity index (χ2v) is 7.40. The molecule has 25 heavy (non-hydrogen) atoms. The van der Waals surface area contributed by atoms with Gasteiger partial charge in [-0.05, 0) is 54.5 Å². The Morgan fingerprint density at radius 2 is 2.00 bits per heavy atom. The molecule has 0 spiro atoms. The number of rotatable bonds is 6. The lowest BCUT2D eigenvalue weighted by atomic mass is 10.0. The van der Waals surface area contributed by atoms with Crippen molar-refractivity contribution in [2.24, 2.45) is 5.92 Å². The molecule has 0 aliphatic carbocycles. The van der Waals surface area contributed by atoms with Gasteiger partial charge >= 0.3 is 0 Å². The summed E-state index contributed by atoms with van der Waals surface area (Å²) in [5.74, 6) is 0.610. The molecule has 0 atom stereocenters. The van der Waals surface area contributed by atoms with Crippen LogP contribution < -0.4 is 5.32 Å². The van der Waals surface area contributed by atoms with Crippen LogP contribution in [0.15, 0.2) is 36.8 Å². The highest BCUT2D eigenvalue weighted by atomic mass is 16.1. The molecule has 0 radical (unpaired) electrons. The van der Waals surface area contributed by atoms with E-state index in [1.165, 1.54) is 11.1 Å². The smallest absolute Gasteiger partial charge is 0.267 e.